The van der Waals surface area contributed by atoms with E-state index in [-0.39, 0.29) is 5.97 Å². The summed E-state index contributed by atoms with van der Waals surface area (Å²) in [7, 11) is 0. The van der Waals surface area contributed by atoms with Gasteiger partial charge in [0, 0.05) is 19.6 Å². The number of carbonyl (C=O) groups excluding carboxylic acids is 1. The van der Waals surface area contributed by atoms with Gasteiger partial charge in [0.05, 0.1) is 33.0 Å². The van der Waals surface area contributed by atoms with Gasteiger partial charge in [-0.15, -0.1) is 0 Å². The maximum absolute atomic E-state index is 11.4. The van der Waals surface area contributed by atoms with E-state index in [2.05, 4.69) is 6.92 Å². The molecule has 0 heterocycles. The zero-order valence-corrected chi connectivity index (χ0v) is 16.0. The van der Waals surface area contributed by atoms with E-state index in [1.807, 2.05) is 13.8 Å². The van der Waals surface area contributed by atoms with E-state index < -0.39 is 0 Å². The van der Waals surface area contributed by atoms with Crippen LogP contribution in [0.15, 0.2) is 0 Å². The predicted octanol–water partition coefficient (Wildman–Crippen LogP) is 3.99. The Bertz CT molecular complexity index is 268. The van der Waals surface area contributed by atoms with Crippen LogP contribution in [-0.4, -0.2) is 52.2 Å². The monoisotopic (exact) mass is 346 g/mol. The Morgan fingerprint density at radius 1 is 0.750 bits per heavy atom. The van der Waals surface area contributed by atoms with Gasteiger partial charge in [0.2, 0.25) is 0 Å². The summed E-state index contributed by atoms with van der Waals surface area (Å²) in [6.45, 7) is 10.5. The van der Waals surface area contributed by atoms with Gasteiger partial charge in [-0.1, -0.05) is 46.5 Å². The first-order valence-electron chi connectivity index (χ1n) is 9.55. The lowest BCUT2D eigenvalue weighted by molar-refractivity contribution is -0.145. The van der Waals surface area contributed by atoms with Gasteiger partial charge in [-0.25, -0.2) is 0 Å². The molecule has 0 aliphatic rings. The average Bonchev–Trinajstić information content (AvgIpc) is 2.56. The summed E-state index contributed by atoms with van der Waals surface area (Å²) in [4.78, 5) is 11.4. The van der Waals surface area contributed by atoms with Crippen LogP contribution < -0.4 is 0 Å². The van der Waals surface area contributed by atoms with E-state index in [4.69, 9.17) is 18.9 Å². The van der Waals surface area contributed by atoms with Crippen molar-refractivity contribution in [1.82, 2.24) is 0 Å². The summed E-state index contributed by atoms with van der Waals surface area (Å²) in [6.07, 6.45) is 7.42. The van der Waals surface area contributed by atoms with E-state index in [0.29, 0.717) is 58.4 Å². The van der Waals surface area contributed by atoms with Crippen molar-refractivity contribution in [3.8, 4) is 0 Å². The average molecular weight is 347 g/mol. The molecule has 0 aliphatic heterocycles. The van der Waals surface area contributed by atoms with Crippen LogP contribution in [0.25, 0.3) is 0 Å². The first-order valence-corrected chi connectivity index (χ1v) is 9.55. The standard InChI is InChI=1S/C19H38O5/c1-4-5-6-7-8-11-21-13-15-23-16-14-22-12-9-10-19(20)24-17-18(2)3/h18H,4-17H2,1-3H3. The molecule has 144 valence electrons. The van der Waals surface area contributed by atoms with Gasteiger partial charge in [0.1, 0.15) is 0 Å². The molecule has 5 heteroatoms. The third-order valence-corrected chi connectivity index (χ3v) is 3.38. The summed E-state index contributed by atoms with van der Waals surface area (Å²) < 4.78 is 21.4. The van der Waals surface area contributed by atoms with Crippen LogP contribution in [0, 0.1) is 5.92 Å². The van der Waals surface area contributed by atoms with Crippen molar-refractivity contribution in [3.63, 3.8) is 0 Å². The molecule has 5 nitrogen and oxygen atoms in total. The maximum atomic E-state index is 11.4. The van der Waals surface area contributed by atoms with Gasteiger partial charge in [0.25, 0.3) is 0 Å². The van der Waals surface area contributed by atoms with Gasteiger partial charge in [-0.3, -0.25) is 4.79 Å². The van der Waals surface area contributed by atoms with Crippen LogP contribution in [0.4, 0.5) is 0 Å². The summed E-state index contributed by atoms with van der Waals surface area (Å²) >= 11 is 0. The molecule has 0 spiro atoms. The molecule has 0 rings (SSSR count). The highest BCUT2D eigenvalue weighted by Crippen LogP contribution is 2.02. The Hall–Kier alpha value is -0.650. The minimum atomic E-state index is -0.143. The lowest BCUT2D eigenvalue weighted by Gasteiger charge is -2.08. The van der Waals surface area contributed by atoms with E-state index in [1.165, 1.54) is 25.7 Å². The number of unbranched alkanes of at least 4 members (excludes halogenated alkanes) is 4. The second-order valence-electron chi connectivity index (χ2n) is 6.43. The van der Waals surface area contributed by atoms with Gasteiger partial charge < -0.3 is 18.9 Å². The van der Waals surface area contributed by atoms with Crippen LogP contribution in [0.3, 0.4) is 0 Å². The predicted molar refractivity (Wildman–Crippen MR) is 96.2 cm³/mol. The normalized spacial score (nSPS) is 11.2. The second-order valence-corrected chi connectivity index (χ2v) is 6.43. The SMILES string of the molecule is CCCCCCCOCCOCCOCCCC(=O)OCC(C)C. The molecule has 0 unspecified atom stereocenters. The number of hydrogen-bond acceptors (Lipinski definition) is 5. The first-order chi connectivity index (χ1) is 11.7. The molecule has 24 heavy (non-hydrogen) atoms. The van der Waals surface area contributed by atoms with Gasteiger partial charge in [-0.2, -0.15) is 0 Å². The lowest BCUT2D eigenvalue weighted by Crippen LogP contribution is -2.12. The van der Waals surface area contributed by atoms with Crippen LogP contribution in [0.5, 0.6) is 0 Å². The zero-order chi connectivity index (χ0) is 17.9. The minimum Gasteiger partial charge on any atom is -0.465 e. The Balaban J connectivity index is 3.08. The summed E-state index contributed by atoms with van der Waals surface area (Å²) in [5, 5.41) is 0. The van der Waals surface area contributed by atoms with Crippen molar-refractivity contribution >= 4 is 5.97 Å². The van der Waals surface area contributed by atoms with E-state index >= 15 is 0 Å². The number of ether oxygens (including phenoxy) is 4. The molecule has 0 fully saturated rings. The van der Waals surface area contributed by atoms with Crippen LogP contribution in [0.1, 0.15) is 65.7 Å². The molecule has 0 aliphatic carbocycles. The van der Waals surface area contributed by atoms with Crippen molar-refractivity contribution in [1.29, 1.82) is 0 Å². The molecule has 0 aromatic rings. The highest BCUT2D eigenvalue weighted by atomic mass is 16.5. The molecule has 0 atom stereocenters. The third-order valence-electron chi connectivity index (χ3n) is 3.38. The number of rotatable bonds is 18. The topological polar surface area (TPSA) is 54.0 Å². The molecule has 0 amide bonds. The molecule has 0 N–H and O–H groups in total. The van der Waals surface area contributed by atoms with Crippen molar-refractivity contribution < 1.29 is 23.7 Å². The van der Waals surface area contributed by atoms with E-state index in [0.717, 1.165) is 13.0 Å². The summed E-state index contributed by atoms with van der Waals surface area (Å²) in [5.41, 5.74) is 0. The first kappa shape index (κ1) is 23.4. The fraction of sp³-hybridized carbons (Fsp3) is 0.947. The Morgan fingerprint density at radius 3 is 1.88 bits per heavy atom. The second kappa shape index (κ2) is 18.7. The van der Waals surface area contributed by atoms with Crippen LogP contribution in [0.2, 0.25) is 0 Å². The minimum absolute atomic E-state index is 0.143. The highest BCUT2D eigenvalue weighted by Gasteiger charge is 2.03. The Labute approximate surface area is 148 Å². The van der Waals surface area contributed by atoms with E-state index in [1.54, 1.807) is 0 Å². The van der Waals surface area contributed by atoms with Crippen LogP contribution in [-0.2, 0) is 23.7 Å². The highest BCUT2D eigenvalue weighted by molar-refractivity contribution is 5.69. The van der Waals surface area contributed by atoms with Gasteiger partial charge in [0.15, 0.2) is 0 Å². The largest absolute Gasteiger partial charge is 0.465 e. The van der Waals surface area contributed by atoms with Crippen molar-refractivity contribution in [3.05, 3.63) is 0 Å². The molecule has 0 radical (unpaired) electrons. The van der Waals surface area contributed by atoms with Crippen molar-refractivity contribution in [2.45, 2.75) is 65.7 Å². The Morgan fingerprint density at radius 2 is 1.29 bits per heavy atom. The molecule has 0 aromatic heterocycles. The quantitative estimate of drug-likeness (QED) is 0.277. The maximum Gasteiger partial charge on any atom is 0.305 e. The third kappa shape index (κ3) is 19.4. The summed E-state index contributed by atoms with van der Waals surface area (Å²) in [5.74, 6) is 0.239. The molecule has 0 saturated heterocycles. The molecule has 0 bridgehead atoms. The fourth-order valence-electron chi connectivity index (χ4n) is 2.00. The van der Waals surface area contributed by atoms with Gasteiger partial charge in [-0.05, 0) is 18.8 Å². The molecule has 0 saturated carbocycles. The molecular weight excluding hydrogens is 308 g/mol. The Kier molecular flexibility index (Phi) is 18.2. The van der Waals surface area contributed by atoms with Crippen molar-refractivity contribution in [2.24, 2.45) is 5.92 Å². The van der Waals surface area contributed by atoms with Crippen LogP contribution >= 0.6 is 0 Å². The summed E-state index contributed by atoms with van der Waals surface area (Å²) in [6, 6.07) is 0. The number of esters is 1. The molecule has 0 aromatic carbocycles. The smallest absolute Gasteiger partial charge is 0.305 e. The fourth-order valence-corrected chi connectivity index (χ4v) is 2.00. The van der Waals surface area contributed by atoms with E-state index in [9.17, 15) is 4.79 Å². The van der Waals surface area contributed by atoms with Gasteiger partial charge >= 0.3 is 5.97 Å². The number of hydrogen-bond donors (Lipinski definition) is 0. The molecular formula is C19H38O5. The zero-order valence-electron chi connectivity index (χ0n) is 16.0. The number of carbonyl (C=O) groups is 1. The lowest BCUT2D eigenvalue weighted by atomic mass is 10.2. The van der Waals surface area contributed by atoms with Crippen molar-refractivity contribution in [2.75, 3.05) is 46.2 Å².